The third kappa shape index (κ3) is 2.85. The third-order valence-corrected chi connectivity index (χ3v) is 6.86. The molecule has 128 valence electrons. The fourth-order valence-corrected chi connectivity index (χ4v) is 5.26. The van der Waals surface area contributed by atoms with E-state index in [1.807, 2.05) is 0 Å². The second-order valence-corrected chi connectivity index (χ2v) is 8.27. The molecule has 2 aromatic rings. The Kier molecular flexibility index (Phi) is 4.11. The molecule has 2 fully saturated rings. The zero-order chi connectivity index (χ0) is 16.7. The number of nitrogens with zero attached hydrogens (tertiary/aromatic N) is 1. The van der Waals surface area contributed by atoms with Gasteiger partial charge in [0.05, 0.1) is 11.5 Å². The number of aliphatic hydroxyl groups is 1. The molecule has 4 rings (SSSR count). The molecule has 2 heterocycles. The lowest BCUT2D eigenvalue weighted by Gasteiger charge is -2.49. The third-order valence-electron chi connectivity index (χ3n) is 5.85. The van der Waals surface area contributed by atoms with Gasteiger partial charge in [0.25, 0.3) is 0 Å². The number of thiophene rings is 1. The number of carboxylic acid groups (broad SMARTS) is 1. The average molecular weight is 345 g/mol. The predicted octanol–water partition coefficient (Wildman–Crippen LogP) is 3.34. The summed E-state index contributed by atoms with van der Waals surface area (Å²) in [6.07, 6.45) is 2.79. The maximum absolute atomic E-state index is 11.0. The highest BCUT2D eigenvalue weighted by Gasteiger charge is 2.51. The first-order chi connectivity index (χ1) is 11.5. The van der Waals surface area contributed by atoms with E-state index in [9.17, 15) is 9.90 Å². The van der Waals surface area contributed by atoms with E-state index in [0.29, 0.717) is 12.8 Å². The van der Waals surface area contributed by atoms with Crippen LogP contribution in [0.5, 0.6) is 0 Å². The van der Waals surface area contributed by atoms with Crippen molar-refractivity contribution in [2.75, 3.05) is 13.1 Å². The van der Waals surface area contributed by atoms with Crippen LogP contribution in [0.25, 0.3) is 10.1 Å². The van der Waals surface area contributed by atoms with Crippen molar-refractivity contribution in [1.82, 2.24) is 4.90 Å². The minimum atomic E-state index is -0.763. The van der Waals surface area contributed by atoms with Gasteiger partial charge in [-0.05, 0) is 67.1 Å². The highest BCUT2D eigenvalue weighted by molar-refractivity contribution is 7.17. The molecular formula is C19H23NO3S. The molecule has 0 unspecified atom stereocenters. The van der Waals surface area contributed by atoms with E-state index in [1.165, 1.54) is 15.6 Å². The molecule has 1 saturated carbocycles. The minimum absolute atomic E-state index is 0.252. The molecular weight excluding hydrogens is 322 g/mol. The van der Waals surface area contributed by atoms with Crippen LogP contribution in [0.3, 0.4) is 0 Å². The van der Waals surface area contributed by atoms with Crippen LogP contribution < -0.4 is 0 Å². The Hall–Kier alpha value is -1.43. The molecule has 0 spiro atoms. The second-order valence-electron chi connectivity index (χ2n) is 7.35. The smallest absolute Gasteiger partial charge is 0.306 e. The zero-order valence-electron chi connectivity index (χ0n) is 13.6. The van der Waals surface area contributed by atoms with Gasteiger partial charge in [-0.15, -0.1) is 11.3 Å². The summed E-state index contributed by atoms with van der Waals surface area (Å²) in [7, 11) is 0. The maximum atomic E-state index is 11.0. The number of benzene rings is 1. The monoisotopic (exact) mass is 345 g/mol. The lowest BCUT2D eigenvalue weighted by molar-refractivity contribution is -0.170. The van der Waals surface area contributed by atoms with E-state index in [0.717, 1.165) is 32.5 Å². The lowest BCUT2D eigenvalue weighted by atomic mass is 9.62. The summed E-state index contributed by atoms with van der Waals surface area (Å²) < 4.78 is 1.38. The average Bonchev–Trinajstić information content (AvgIpc) is 3.02. The van der Waals surface area contributed by atoms with Crippen molar-refractivity contribution < 1.29 is 15.0 Å². The van der Waals surface area contributed by atoms with E-state index >= 15 is 0 Å². The Bertz CT molecular complexity index is 742. The number of carboxylic acids is 1. The van der Waals surface area contributed by atoms with Gasteiger partial charge in [-0.2, -0.15) is 0 Å². The number of fused-ring (bicyclic) bond motifs is 1. The van der Waals surface area contributed by atoms with Crippen molar-refractivity contribution >= 4 is 27.4 Å². The van der Waals surface area contributed by atoms with Gasteiger partial charge in [-0.25, -0.2) is 0 Å². The molecule has 1 aromatic heterocycles. The van der Waals surface area contributed by atoms with Crippen molar-refractivity contribution in [2.45, 2.75) is 37.8 Å². The van der Waals surface area contributed by atoms with Gasteiger partial charge in [0.2, 0.25) is 0 Å². The summed E-state index contributed by atoms with van der Waals surface area (Å²) in [6, 6.07) is 8.66. The Morgan fingerprint density at radius 1 is 1.25 bits per heavy atom. The summed E-state index contributed by atoms with van der Waals surface area (Å²) in [6.45, 7) is 2.92. The predicted molar refractivity (Wildman–Crippen MR) is 95.1 cm³/mol. The number of likely N-dealkylation sites (tertiary alicyclic amines) is 1. The maximum Gasteiger partial charge on any atom is 0.306 e. The molecule has 1 saturated heterocycles. The van der Waals surface area contributed by atoms with Crippen LogP contribution in [0.4, 0.5) is 0 Å². The highest BCUT2D eigenvalue weighted by atomic mass is 32.1. The summed E-state index contributed by atoms with van der Waals surface area (Å²) in [5.41, 5.74) is 0.650. The Labute approximate surface area is 145 Å². The van der Waals surface area contributed by atoms with Crippen LogP contribution >= 0.6 is 11.3 Å². The normalized spacial score (nSPS) is 28.8. The lowest BCUT2D eigenvalue weighted by Crippen LogP contribution is -2.54. The fourth-order valence-electron chi connectivity index (χ4n) is 4.35. The first-order valence-electron chi connectivity index (χ1n) is 8.68. The number of rotatable bonds is 4. The number of hydrogen-bond acceptors (Lipinski definition) is 4. The van der Waals surface area contributed by atoms with Gasteiger partial charge >= 0.3 is 5.97 Å². The van der Waals surface area contributed by atoms with E-state index in [-0.39, 0.29) is 11.8 Å². The van der Waals surface area contributed by atoms with Crippen molar-refractivity contribution in [3.63, 3.8) is 0 Å². The topological polar surface area (TPSA) is 60.8 Å². The second kappa shape index (κ2) is 6.14. The number of piperidine rings is 1. The van der Waals surface area contributed by atoms with Crippen LogP contribution in [0.15, 0.2) is 29.6 Å². The highest BCUT2D eigenvalue weighted by Crippen LogP contribution is 2.46. The van der Waals surface area contributed by atoms with Gasteiger partial charge in [0.1, 0.15) is 0 Å². The molecule has 1 aromatic carbocycles. The van der Waals surface area contributed by atoms with Crippen molar-refractivity contribution in [3.05, 3.63) is 35.2 Å². The van der Waals surface area contributed by atoms with Crippen molar-refractivity contribution in [2.24, 2.45) is 11.8 Å². The van der Waals surface area contributed by atoms with E-state index in [2.05, 4.69) is 34.5 Å². The summed E-state index contributed by atoms with van der Waals surface area (Å²) in [5.74, 6) is -0.854. The van der Waals surface area contributed by atoms with E-state index < -0.39 is 11.6 Å². The van der Waals surface area contributed by atoms with E-state index in [4.69, 9.17) is 5.11 Å². The number of carbonyl (C=O) groups is 1. The van der Waals surface area contributed by atoms with Gasteiger partial charge in [0.15, 0.2) is 0 Å². The van der Waals surface area contributed by atoms with E-state index in [1.54, 1.807) is 11.3 Å². The standard InChI is InChI=1S/C19H23NO3S/c21-18(22)15-10-19(23,11-15)16-4-7-20(8-5-16)12-14-3-1-2-13-6-9-24-17(13)14/h1-3,6,9,15-16,23H,4-5,7-8,10-12H2,(H,21,22). The molecule has 0 bridgehead atoms. The van der Waals surface area contributed by atoms with Crippen molar-refractivity contribution in [1.29, 1.82) is 0 Å². The molecule has 24 heavy (non-hydrogen) atoms. The first-order valence-corrected chi connectivity index (χ1v) is 9.56. The molecule has 4 nitrogen and oxygen atoms in total. The molecule has 0 atom stereocenters. The van der Waals surface area contributed by atoms with Crippen LogP contribution in [-0.2, 0) is 11.3 Å². The quantitative estimate of drug-likeness (QED) is 0.892. The van der Waals surface area contributed by atoms with Gasteiger partial charge in [-0.3, -0.25) is 9.69 Å². The van der Waals surface area contributed by atoms with Crippen LogP contribution in [0, 0.1) is 11.8 Å². The van der Waals surface area contributed by atoms with Crippen LogP contribution in [0.1, 0.15) is 31.2 Å². The van der Waals surface area contributed by atoms with Gasteiger partial charge < -0.3 is 10.2 Å². The SMILES string of the molecule is O=C(O)C1CC(O)(C2CCN(Cc3cccc4ccsc34)CC2)C1. The van der Waals surface area contributed by atoms with Crippen molar-refractivity contribution in [3.8, 4) is 0 Å². The Balaban J connectivity index is 1.35. The molecule has 0 radical (unpaired) electrons. The Morgan fingerprint density at radius 3 is 2.71 bits per heavy atom. The molecule has 5 heteroatoms. The summed E-state index contributed by atoms with van der Waals surface area (Å²) in [4.78, 5) is 13.4. The molecule has 2 aliphatic rings. The molecule has 1 aliphatic heterocycles. The molecule has 0 amide bonds. The Morgan fingerprint density at radius 2 is 2.00 bits per heavy atom. The summed E-state index contributed by atoms with van der Waals surface area (Å²) >= 11 is 1.80. The fraction of sp³-hybridized carbons (Fsp3) is 0.526. The number of hydrogen-bond donors (Lipinski definition) is 2. The largest absolute Gasteiger partial charge is 0.481 e. The zero-order valence-corrected chi connectivity index (χ0v) is 14.5. The first kappa shape index (κ1) is 16.1. The van der Waals surface area contributed by atoms with Crippen LogP contribution in [0.2, 0.25) is 0 Å². The molecule has 1 aliphatic carbocycles. The van der Waals surface area contributed by atoms with Crippen LogP contribution in [-0.4, -0.2) is 39.8 Å². The van der Waals surface area contributed by atoms with Gasteiger partial charge in [0, 0.05) is 11.2 Å². The molecule has 2 N–H and O–H groups in total. The number of aliphatic carboxylic acids is 1. The minimum Gasteiger partial charge on any atom is -0.481 e. The summed E-state index contributed by atoms with van der Waals surface area (Å²) in [5, 5.41) is 23.1. The van der Waals surface area contributed by atoms with Gasteiger partial charge in [-0.1, -0.05) is 18.2 Å².